The van der Waals surface area contributed by atoms with E-state index in [1.54, 1.807) is 13.8 Å². The molecule has 0 amide bonds. The summed E-state index contributed by atoms with van der Waals surface area (Å²) in [7, 11) is -8.99. The second-order valence-electron chi connectivity index (χ2n) is 27.1. The summed E-state index contributed by atoms with van der Waals surface area (Å²) in [6.07, 6.45) is -21.6. The van der Waals surface area contributed by atoms with E-state index in [1.165, 1.54) is 54.1 Å². The predicted octanol–water partition coefficient (Wildman–Crippen LogP) is -0.879. The Morgan fingerprint density at radius 1 is 0.583 bits per heavy atom. The number of aromatic amines is 4. The molecular weight excluding hydrogens is 1780 g/mol. The first-order valence-electron chi connectivity index (χ1n) is 34.6. The summed E-state index contributed by atoms with van der Waals surface area (Å²) in [6.45, 7) is -8.68. The average molecular weight is 1860 g/mol. The summed E-state index contributed by atoms with van der Waals surface area (Å²) in [5.74, 6) is -0.0462. The van der Waals surface area contributed by atoms with Gasteiger partial charge >= 0.3 is 64.3 Å². The number of hydrogen-bond acceptors (Lipinski definition) is 36. The first-order valence-corrected chi connectivity index (χ1v) is 45.4. The molecule has 24 atom stereocenters. The fourth-order valence-corrected chi connectivity index (χ4v) is 19.2. The Labute approximate surface area is 689 Å². The van der Waals surface area contributed by atoms with Crippen LogP contribution in [0.2, 0.25) is 0 Å². The molecule has 47 nitrogen and oxygen atoms in total. The molecule has 6 aliphatic heterocycles. The molecule has 1 radical (unpaired) electrons. The number of phosphoric ester groups is 2. The van der Waals surface area contributed by atoms with Crippen molar-refractivity contribution in [2.75, 3.05) is 72.8 Å². The Balaban J connectivity index is 0.0000140. The van der Waals surface area contributed by atoms with E-state index in [-0.39, 0.29) is 86.8 Å². The average Bonchev–Trinajstić information content (AvgIpc) is 1.55. The number of nitrogens with zero attached hydrogens (tertiary/aromatic N) is 6. The third-order valence-corrected chi connectivity index (χ3v) is 26.0. The normalized spacial score (nSPS) is 30.8. The van der Waals surface area contributed by atoms with E-state index in [0.29, 0.717) is 5.56 Å². The third kappa shape index (κ3) is 21.7. The Morgan fingerprint density at radius 3 is 1.67 bits per heavy atom. The molecule has 5 aromatic heterocycles. The SMILES string of the molecule is COCCOC1[C@@H](OP(=O)(O)OC[C@H]2O[C@@H](n3cc(C)c(=O)[nH]c3=O)C[C@H]2OP(O)(=S)OC[C@H]2O[C@@H](n3cc(C)c(=O)[nH]c3=O)C[C@H]2OP(=O)(S)OC)[C@@H](COP(=O)(O)O[C@H]2C[C@H](C)OC2[C@@H](OCCOP(O)(=S)O[C@@H]2C3O[C@@H](C)[C@]2(CO)O[C@H]3n2cc(C)c(N)nc2=O)n2cc(C)c(=O)[nH]c2=O)O[C@H]1n1cc(C)c(=O)[nH]c1=O.[Y]. The van der Waals surface area contributed by atoms with Crippen molar-refractivity contribution in [1.29, 1.82) is 0 Å². The van der Waals surface area contributed by atoms with Crippen molar-refractivity contribution in [3.8, 4) is 0 Å². The monoisotopic (exact) mass is 1860 g/mol. The predicted molar refractivity (Wildman–Crippen MR) is 397 cm³/mol. The van der Waals surface area contributed by atoms with Crippen LogP contribution in [0.4, 0.5) is 5.82 Å². The number of thiol groups is 1. The molecule has 6 fully saturated rings. The number of anilines is 1. The molecule has 56 heteroatoms. The minimum atomic E-state index is -5.73. The van der Waals surface area contributed by atoms with Crippen molar-refractivity contribution in [3.63, 3.8) is 0 Å². The van der Waals surface area contributed by atoms with E-state index in [2.05, 4.69) is 37.2 Å². The van der Waals surface area contributed by atoms with Crippen molar-refractivity contribution in [1.82, 2.24) is 47.8 Å². The van der Waals surface area contributed by atoms with Gasteiger partial charge in [0, 0.05) is 125 Å². The summed E-state index contributed by atoms with van der Waals surface area (Å²) < 4.78 is 158. The summed E-state index contributed by atoms with van der Waals surface area (Å²) in [4.78, 5) is 176. The van der Waals surface area contributed by atoms with Gasteiger partial charge in [-0.15, -0.1) is 0 Å². The van der Waals surface area contributed by atoms with Gasteiger partial charge in [0.2, 0.25) is 0 Å². The van der Waals surface area contributed by atoms with Crippen LogP contribution in [0, 0.1) is 34.6 Å². The first-order chi connectivity index (χ1) is 53.4. The number of nitrogens with one attached hydrogen (secondary N) is 4. The molecule has 11 rings (SSSR count). The van der Waals surface area contributed by atoms with Gasteiger partial charge in [0.05, 0.1) is 71.2 Å². The second-order valence-corrected chi connectivity index (χ2v) is 38.5. The Hall–Kier alpha value is -4.12. The molecule has 0 aromatic carbocycles. The van der Waals surface area contributed by atoms with Crippen LogP contribution >= 0.6 is 48.1 Å². The maximum absolute atomic E-state index is 14.7. The zero-order valence-electron chi connectivity index (χ0n) is 62.3. The van der Waals surface area contributed by atoms with Crippen LogP contribution in [0.15, 0.2) is 74.1 Å². The van der Waals surface area contributed by atoms with Crippen LogP contribution in [-0.4, -0.2) is 224 Å². The van der Waals surface area contributed by atoms with Crippen LogP contribution in [0.5, 0.6) is 0 Å². The Kier molecular flexibility index (Phi) is 30.5. The summed E-state index contributed by atoms with van der Waals surface area (Å²) in [5.41, 5.74) is -3.48. The number of methoxy groups -OCH3 is 1. The molecule has 11 heterocycles. The second kappa shape index (κ2) is 37.7. The van der Waals surface area contributed by atoms with Gasteiger partial charge in [-0.1, -0.05) is 12.2 Å². The number of aliphatic hydroxyl groups excluding tert-OH is 1. The number of aryl methyl sites for hydroxylation is 5. The molecule has 6 aliphatic rings. The minimum absolute atomic E-state index is 0. The zero-order chi connectivity index (χ0) is 83.2. The largest absolute Gasteiger partial charge is 0.472 e. The van der Waals surface area contributed by atoms with Gasteiger partial charge in [-0.3, -0.25) is 89.1 Å². The molecule has 6 saturated heterocycles. The third-order valence-electron chi connectivity index (χ3n) is 19.1. The number of aliphatic hydroxyl groups is 1. The molecule has 0 saturated carbocycles. The fourth-order valence-electron chi connectivity index (χ4n) is 13.4. The molecule has 115 heavy (non-hydrogen) atoms. The molecular formula is C59H84N11O36P5S3Y. The number of nitrogens with two attached hydrogens (primary N) is 1. The fraction of sp³-hybridized carbons (Fsp3) is 0.661. The van der Waals surface area contributed by atoms with E-state index >= 15 is 0 Å². The van der Waals surface area contributed by atoms with Crippen molar-refractivity contribution >= 4 is 77.6 Å². The van der Waals surface area contributed by atoms with Crippen LogP contribution in [0.3, 0.4) is 0 Å². The number of hydrogen-bond donors (Lipinski definition) is 11. The van der Waals surface area contributed by atoms with Gasteiger partial charge in [0.15, 0.2) is 18.7 Å². The maximum atomic E-state index is 14.7. The minimum Gasteiger partial charge on any atom is -0.393 e. The first kappa shape index (κ1) is 93.2. The number of nitrogen functional groups attached to an aromatic ring is 1. The van der Waals surface area contributed by atoms with E-state index in [0.717, 1.165) is 48.5 Å². The quantitative estimate of drug-likeness (QED) is 0.0132. The van der Waals surface area contributed by atoms with E-state index in [9.17, 15) is 81.5 Å². The topological polar surface area (TPSA) is 608 Å². The molecule has 0 aliphatic carbocycles. The zero-order valence-corrected chi connectivity index (χ0v) is 72.1. The molecule has 11 N–H and O–H groups in total. The van der Waals surface area contributed by atoms with Crippen LogP contribution in [0.1, 0.15) is 92.1 Å². The van der Waals surface area contributed by atoms with E-state index < -0.39 is 249 Å². The number of aromatic nitrogens is 10. The Bertz CT molecular complexity index is 5230. The van der Waals surface area contributed by atoms with Gasteiger partial charge in [-0.2, -0.15) is 4.98 Å². The number of rotatable bonds is 36. The number of phosphoric acid groups is 2. The van der Waals surface area contributed by atoms with Crippen LogP contribution in [0.25, 0.3) is 0 Å². The van der Waals surface area contributed by atoms with Crippen molar-refractivity contribution in [3.05, 3.63) is 153 Å². The number of H-pyrrole nitrogens is 4. The standard InChI is InChI=1S/C59H84N11O36P5S3.Y/c1-26-17-70(54(76)61-46(26)60)53-44-45(59(25-71,101-53)32(7)97-44)106-110(86,113)92-13-12-91-51(68-20-29(4)49(74)64-57(68)79)42-35(14-31(6)96-42)102-107(81,82)94-24-38-41(43(90-11-10-88-8)52(100-38)69-21-30(5)50(75)65-58(69)80)105-108(83,84)93-22-36-34(16-40(98-36)67-19-28(3)48(73)63-56(67)78)104-111(87,114)95-23-37-33(103-109(85,112)89-9)15-39(99-37)66-18-27(2)47(72)62-55(66)77;/h17-21,31-45,51-53,71H,10-16,22-25H2,1-9H3,(H,81,82)(H,83,84)(H,85,112)(H,86,113)(H,87,114)(H2,60,61,76)(H,62,72,77)(H,63,73,78)(H,64,74,79)(H,65,75,80);/t31-,32-,33+,34+,35-,36+,37+,38+,39+,40+,41-,42?,43?,44?,45+,51+,52+,53+,59-,109?,110?,111?;/m0./s1. The summed E-state index contributed by atoms with van der Waals surface area (Å²) in [6, 6.07) is 0. The van der Waals surface area contributed by atoms with E-state index in [4.69, 9.17) is 117 Å². The molecule has 8 unspecified atom stereocenters. The van der Waals surface area contributed by atoms with Crippen molar-refractivity contribution in [2.45, 2.75) is 184 Å². The number of ether oxygens (including phenoxy) is 9. The van der Waals surface area contributed by atoms with Crippen LogP contribution in [-0.2, 0) is 158 Å². The van der Waals surface area contributed by atoms with Gasteiger partial charge in [-0.25, -0.2) is 37.7 Å². The summed E-state index contributed by atoms with van der Waals surface area (Å²) >= 11 is 14.8. The molecule has 5 aromatic rings. The molecule has 0 spiro atoms. The van der Waals surface area contributed by atoms with Gasteiger partial charge < -0.3 is 91.1 Å². The maximum Gasteiger partial charge on any atom is 0.472 e. The van der Waals surface area contributed by atoms with Crippen molar-refractivity contribution < 1.29 is 159 Å². The van der Waals surface area contributed by atoms with Gasteiger partial charge in [-0.05, 0) is 72.1 Å². The molecule has 637 valence electrons. The van der Waals surface area contributed by atoms with Gasteiger partial charge in [0.1, 0.15) is 84.9 Å². The Morgan fingerprint density at radius 2 is 1.10 bits per heavy atom. The molecule has 2 bridgehead atoms. The van der Waals surface area contributed by atoms with E-state index in [1.807, 2.05) is 0 Å². The van der Waals surface area contributed by atoms with Gasteiger partial charge in [0.25, 0.3) is 22.2 Å². The smallest absolute Gasteiger partial charge is 0.393 e. The van der Waals surface area contributed by atoms with Crippen molar-refractivity contribution in [2.24, 2.45) is 0 Å². The van der Waals surface area contributed by atoms with Crippen LogP contribution < -0.4 is 56.4 Å². The number of fused-ring (bicyclic) bond motifs is 2. The summed E-state index contributed by atoms with van der Waals surface area (Å²) in [5, 5.41) is 10.7.